The number of nitrogens with zero attached hydrogens (tertiary/aromatic N) is 3. The van der Waals surface area contributed by atoms with Gasteiger partial charge in [0, 0.05) is 36.9 Å². The molecule has 1 aliphatic heterocycles. The Labute approximate surface area is 184 Å². The topological polar surface area (TPSA) is 66.3 Å². The van der Waals surface area contributed by atoms with Crippen LogP contribution in [0, 0.1) is 22.7 Å². The first-order valence-electron chi connectivity index (χ1n) is 10.9. The van der Waals surface area contributed by atoms with Crippen LogP contribution in [0.2, 0.25) is 0 Å². The number of hydrogen-bond donors (Lipinski definition) is 1. The van der Waals surface area contributed by atoms with Gasteiger partial charge in [0.25, 0.3) is 0 Å². The molecular formula is C24H35N3O2S. The van der Waals surface area contributed by atoms with E-state index in [1.54, 1.807) is 23.7 Å². The van der Waals surface area contributed by atoms with Gasteiger partial charge < -0.3 is 5.11 Å². The van der Waals surface area contributed by atoms with E-state index >= 15 is 0 Å². The average molecular weight is 430 g/mol. The molecule has 2 aromatic rings. The molecule has 5 nitrogen and oxygen atoms in total. The standard InChI is InChI=1S/C24H35N3O2S/c1-17(2)9-10-24(22(28)29)13-18(23(3,4)5)14-27(16-24)15-19-7-8-20(30-19)21-25-11-6-12-26-21/h6-8,11-12,17-18H,9-10,13-16H2,1-5H3,(H,28,29)/t18-,24-/m1/s1. The van der Waals surface area contributed by atoms with Crippen LogP contribution in [0.3, 0.4) is 0 Å². The molecule has 1 N–H and O–H groups in total. The second-order valence-corrected chi connectivity index (χ2v) is 11.5. The van der Waals surface area contributed by atoms with Gasteiger partial charge in [-0.1, -0.05) is 34.6 Å². The zero-order valence-electron chi connectivity index (χ0n) is 18.9. The van der Waals surface area contributed by atoms with Crippen molar-refractivity contribution in [1.82, 2.24) is 14.9 Å². The predicted octanol–water partition coefficient (Wildman–Crippen LogP) is 5.58. The molecular weight excluding hydrogens is 394 g/mol. The van der Waals surface area contributed by atoms with E-state index in [1.165, 1.54) is 4.88 Å². The van der Waals surface area contributed by atoms with E-state index in [0.29, 0.717) is 18.4 Å². The van der Waals surface area contributed by atoms with Gasteiger partial charge in [0.15, 0.2) is 5.82 Å². The van der Waals surface area contributed by atoms with E-state index in [0.717, 1.165) is 43.1 Å². The molecule has 1 saturated heterocycles. The lowest BCUT2D eigenvalue weighted by Gasteiger charge is -2.48. The third kappa shape index (κ3) is 5.46. The van der Waals surface area contributed by atoms with Crippen LogP contribution in [0.1, 0.15) is 58.8 Å². The fourth-order valence-corrected chi connectivity index (χ4v) is 5.34. The van der Waals surface area contributed by atoms with Crippen molar-refractivity contribution >= 4 is 17.3 Å². The van der Waals surface area contributed by atoms with Crippen molar-refractivity contribution < 1.29 is 9.90 Å². The number of aliphatic carboxylic acids is 1. The summed E-state index contributed by atoms with van der Waals surface area (Å²) in [7, 11) is 0. The number of carboxylic acid groups (broad SMARTS) is 1. The normalized spacial score (nSPS) is 23.1. The summed E-state index contributed by atoms with van der Waals surface area (Å²) in [5, 5.41) is 10.3. The highest BCUT2D eigenvalue weighted by Gasteiger charge is 2.48. The number of likely N-dealkylation sites (tertiary alicyclic amines) is 1. The Hall–Kier alpha value is -1.79. The number of carboxylic acids is 1. The van der Waals surface area contributed by atoms with Gasteiger partial charge in [-0.2, -0.15) is 0 Å². The molecule has 0 aromatic carbocycles. The molecule has 1 fully saturated rings. The lowest BCUT2D eigenvalue weighted by molar-refractivity contribution is -0.157. The van der Waals surface area contributed by atoms with Crippen LogP contribution in [0.4, 0.5) is 0 Å². The van der Waals surface area contributed by atoms with Crippen molar-refractivity contribution in [2.45, 2.75) is 60.4 Å². The fraction of sp³-hybridized carbons (Fsp3) is 0.625. The lowest BCUT2D eigenvalue weighted by atomic mass is 9.65. The van der Waals surface area contributed by atoms with E-state index in [9.17, 15) is 9.90 Å². The average Bonchev–Trinajstić information content (AvgIpc) is 3.14. The maximum atomic E-state index is 12.5. The fourth-order valence-electron chi connectivity index (χ4n) is 4.34. The summed E-state index contributed by atoms with van der Waals surface area (Å²) >= 11 is 1.70. The van der Waals surface area contributed by atoms with Crippen LogP contribution >= 0.6 is 11.3 Å². The number of thiophene rings is 1. The van der Waals surface area contributed by atoms with Gasteiger partial charge in [-0.05, 0) is 54.7 Å². The molecule has 6 heteroatoms. The number of hydrogen-bond acceptors (Lipinski definition) is 5. The second-order valence-electron chi connectivity index (χ2n) is 10.3. The van der Waals surface area contributed by atoms with E-state index in [-0.39, 0.29) is 5.41 Å². The molecule has 2 atom stereocenters. The minimum atomic E-state index is -0.664. The van der Waals surface area contributed by atoms with Crippen molar-refractivity contribution in [1.29, 1.82) is 0 Å². The van der Waals surface area contributed by atoms with Gasteiger partial charge in [-0.25, -0.2) is 9.97 Å². The summed E-state index contributed by atoms with van der Waals surface area (Å²) in [6, 6.07) is 6.03. The second kappa shape index (κ2) is 9.15. The van der Waals surface area contributed by atoms with Crippen molar-refractivity contribution in [2.24, 2.45) is 22.7 Å². The highest BCUT2D eigenvalue weighted by Crippen LogP contribution is 2.45. The van der Waals surface area contributed by atoms with Crippen LogP contribution in [-0.4, -0.2) is 39.0 Å². The molecule has 0 aliphatic carbocycles. The number of rotatable bonds is 7. The van der Waals surface area contributed by atoms with Crippen molar-refractivity contribution in [2.75, 3.05) is 13.1 Å². The summed E-state index contributed by atoms with van der Waals surface area (Å²) in [5.74, 6) is 0.977. The van der Waals surface area contributed by atoms with Gasteiger partial charge in [-0.15, -0.1) is 11.3 Å². The third-order valence-corrected chi connectivity index (χ3v) is 7.41. The predicted molar refractivity (Wildman–Crippen MR) is 122 cm³/mol. The lowest BCUT2D eigenvalue weighted by Crippen LogP contribution is -2.53. The van der Waals surface area contributed by atoms with Crippen LogP contribution in [0.5, 0.6) is 0 Å². The zero-order valence-corrected chi connectivity index (χ0v) is 19.7. The van der Waals surface area contributed by atoms with Gasteiger partial charge >= 0.3 is 5.97 Å². The molecule has 2 aromatic heterocycles. The first kappa shape index (κ1) is 22.9. The Morgan fingerprint density at radius 3 is 2.60 bits per heavy atom. The molecule has 0 saturated carbocycles. The SMILES string of the molecule is CC(C)CC[C@@]1(C(=O)O)C[C@@H](C(C)(C)C)CN(Cc2ccc(-c3ncccn3)s2)C1. The maximum absolute atomic E-state index is 12.5. The summed E-state index contributed by atoms with van der Waals surface area (Å²) in [6.07, 6.45) is 5.98. The van der Waals surface area contributed by atoms with Crippen molar-refractivity contribution in [3.05, 3.63) is 35.5 Å². The van der Waals surface area contributed by atoms with Crippen LogP contribution < -0.4 is 0 Å². The Morgan fingerprint density at radius 1 is 1.30 bits per heavy atom. The summed E-state index contributed by atoms with van der Waals surface area (Å²) in [4.78, 5) is 25.9. The van der Waals surface area contributed by atoms with Crippen molar-refractivity contribution in [3.63, 3.8) is 0 Å². The van der Waals surface area contributed by atoms with Gasteiger partial charge in [0.05, 0.1) is 10.3 Å². The highest BCUT2D eigenvalue weighted by molar-refractivity contribution is 7.15. The van der Waals surface area contributed by atoms with Gasteiger partial charge in [-0.3, -0.25) is 9.69 Å². The number of piperidine rings is 1. The molecule has 3 rings (SSSR count). The van der Waals surface area contributed by atoms with Gasteiger partial charge in [0.1, 0.15) is 0 Å². The first-order valence-corrected chi connectivity index (χ1v) is 11.7. The maximum Gasteiger partial charge on any atom is 0.310 e. The highest BCUT2D eigenvalue weighted by atomic mass is 32.1. The minimum absolute atomic E-state index is 0.0791. The van der Waals surface area contributed by atoms with E-state index in [2.05, 4.69) is 61.6 Å². The summed E-state index contributed by atoms with van der Waals surface area (Å²) in [6.45, 7) is 13.4. The summed E-state index contributed by atoms with van der Waals surface area (Å²) in [5.41, 5.74) is -0.585. The first-order chi connectivity index (χ1) is 14.1. The van der Waals surface area contributed by atoms with Crippen LogP contribution in [0.15, 0.2) is 30.6 Å². The summed E-state index contributed by atoms with van der Waals surface area (Å²) < 4.78 is 0. The minimum Gasteiger partial charge on any atom is -0.481 e. The monoisotopic (exact) mass is 429 g/mol. The Bertz CT molecular complexity index is 844. The van der Waals surface area contributed by atoms with Crippen LogP contribution in [0.25, 0.3) is 10.7 Å². The zero-order chi connectivity index (χ0) is 21.9. The molecule has 0 amide bonds. The molecule has 0 bridgehead atoms. The van der Waals surface area contributed by atoms with Gasteiger partial charge in [0.2, 0.25) is 0 Å². The van der Waals surface area contributed by atoms with E-state index in [1.807, 2.05) is 6.07 Å². The number of aromatic nitrogens is 2. The Kier molecular flexibility index (Phi) is 6.98. The Morgan fingerprint density at radius 2 is 2.00 bits per heavy atom. The Balaban J connectivity index is 1.82. The smallest absolute Gasteiger partial charge is 0.310 e. The molecule has 164 valence electrons. The molecule has 1 aliphatic rings. The molecule has 0 unspecified atom stereocenters. The molecule has 0 spiro atoms. The quantitative estimate of drug-likeness (QED) is 0.622. The largest absolute Gasteiger partial charge is 0.481 e. The van der Waals surface area contributed by atoms with E-state index < -0.39 is 11.4 Å². The van der Waals surface area contributed by atoms with Crippen LogP contribution in [-0.2, 0) is 11.3 Å². The molecule has 0 radical (unpaired) electrons. The third-order valence-electron chi connectivity index (χ3n) is 6.35. The molecule has 3 heterocycles. The van der Waals surface area contributed by atoms with Crippen molar-refractivity contribution in [3.8, 4) is 10.7 Å². The number of carbonyl (C=O) groups is 1. The molecule has 30 heavy (non-hydrogen) atoms. The van der Waals surface area contributed by atoms with E-state index in [4.69, 9.17) is 0 Å².